The van der Waals surface area contributed by atoms with Gasteiger partial charge < -0.3 is 14.5 Å². The van der Waals surface area contributed by atoms with E-state index in [1.165, 1.54) is 17.3 Å². The van der Waals surface area contributed by atoms with Crippen LogP contribution in [0.5, 0.6) is 0 Å². The Labute approximate surface area is 184 Å². The Kier molecular flexibility index (Phi) is 6.71. The van der Waals surface area contributed by atoms with Gasteiger partial charge in [-0.25, -0.2) is 0 Å². The summed E-state index contributed by atoms with van der Waals surface area (Å²) in [5.74, 6) is 1.18. The molecule has 4 rings (SSSR count). The van der Waals surface area contributed by atoms with Crippen LogP contribution in [0.3, 0.4) is 0 Å². The van der Waals surface area contributed by atoms with Gasteiger partial charge in [0.25, 0.3) is 0 Å². The van der Waals surface area contributed by atoms with Gasteiger partial charge in [0.05, 0.1) is 24.7 Å². The summed E-state index contributed by atoms with van der Waals surface area (Å²) in [5, 5.41) is 13.7. The highest BCUT2D eigenvalue weighted by atomic mass is 32.2. The standard InChI is InChI=1S/C21H25N5O2S2/c1-16-3-5-18(6-4-16)26-20(25-8-10-28-11-9-25)22-23-21(26)30-15-19(27)24(2)13-17-7-12-29-14-17/h3-7,12,14H,8-11,13,15H2,1-2H3. The molecule has 0 spiro atoms. The van der Waals surface area contributed by atoms with Crippen molar-refractivity contribution in [1.82, 2.24) is 19.7 Å². The summed E-state index contributed by atoms with van der Waals surface area (Å²) in [6.45, 7) is 5.58. The van der Waals surface area contributed by atoms with Gasteiger partial charge in [-0.2, -0.15) is 11.3 Å². The third kappa shape index (κ3) is 4.85. The second-order valence-corrected chi connectivity index (χ2v) is 8.95. The number of rotatable bonds is 7. The zero-order valence-corrected chi connectivity index (χ0v) is 18.8. The molecule has 0 bridgehead atoms. The highest BCUT2D eigenvalue weighted by Crippen LogP contribution is 2.27. The van der Waals surface area contributed by atoms with Crippen molar-refractivity contribution in [3.8, 4) is 5.69 Å². The zero-order chi connectivity index (χ0) is 20.9. The van der Waals surface area contributed by atoms with E-state index in [9.17, 15) is 4.79 Å². The number of ether oxygens (including phenoxy) is 1. The minimum Gasteiger partial charge on any atom is -0.378 e. The van der Waals surface area contributed by atoms with Crippen LogP contribution >= 0.6 is 23.1 Å². The van der Waals surface area contributed by atoms with Crippen molar-refractivity contribution in [2.75, 3.05) is 44.0 Å². The number of carbonyl (C=O) groups excluding carboxylic acids is 1. The smallest absolute Gasteiger partial charge is 0.233 e. The largest absolute Gasteiger partial charge is 0.378 e. The van der Waals surface area contributed by atoms with E-state index in [4.69, 9.17) is 4.74 Å². The minimum atomic E-state index is 0.0672. The number of carbonyl (C=O) groups is 1. The Morgan fingerprint density at radius 1 is 1.20 bits per heavy atom. The van der Waals surface area contributed by atoms with Crippen LogP contribution in [0.15, 0.2) is 46.2 Å². The molecule has 2 aromatic heterocycles. The van der Waals surface area contributed by atoms with Gasteiger partial charge in [0, 0.05) is 26.7 Å². The maximum Gasteiger partial charge on any atom is 0.233 e. The number of hydrogen-bond donors (Lipinski definition) is 0. The van der Waals surface area contributed by atoms with Crippen LogP contribution in [0.4, 0.5) is 5.95 Å². The lowest BCUT2D eigenvalue weighted by Gasteiger charge is -2.28. The number of morpholine rings is 1. The lowest BCUT2D eigenvalue weighted by Crippen LogP contribution is -2.37. The second-order valence-electron chi connectivity index (χ2n) is 7.22. The second kappa shape index (κ2) is 9.63. The number of aryl methyl sites for hydroxylation is 1. The molecule has 0 atom stereocenters. The van der Waals surface area contributed by atoms with Gasteiger partial charge in [-0.1, -0.05) is 29.5 Å². The van der Waals surface area contributed by atoms with Crippen LogP contribution in [0.1, 0.15) is 11.1 Å². The fourth-order valence-electron chi connectivity index (χ4n) is 3.22. The highest BCUT2D eigenvalue weighted by Gasteiger charge is 2.22. The van der Waals surface area contributed by atoms with Crippen molar-refractivity contribution in [2.24, 2.45) is 0 Å². The zero-order valence-electron chi connectivity index (χ0n) is 17.2. The average Bonchev–Trinajstić information content (AvgIpc) is 3.43. The van der Waals surface area contributed by atoms with Gasteiger partial charge in [-0.05, 0) is 41.4 Å². The molecule has 1 aromatic carbocycles. The molecule has 3 aromatic rings. The molecule has 3 heterocycles. The van der Waals surface area contributed by atoms with Gasteiger partial charge in [-0.15, -0.1) is 10.2 Å². The Morgan fingerprint density at radius 2 is 1.97 bits per heavy atom. The Hall–Kier alpha value is -2.36. The molecule has 30 heavy (non-hydrogen) atoms. The predicted octanol–water partition coefficient (Wildman–Crippen LogP) is 3.22. The highest BCUT2D eigenvalue weighted by molar-refractivity contribution is 7.99. The first-order valence-corrected chi connectivity index (χ1v) is 11.8. The summed E-state index contributed by atoms with van der Waals surface area (Å²) in [6, 6.07) is 10.3. The maximum absolute atomic E-state index is 12.7. The predicted molar refractivity (Wildman–Crippen MR) is 121 cm³/mol. The molecule has 1 aliphatic heterocycles. The van der Waals surface area contributed by atoms with Gasteiger partial charge >= 0.3 is 0 Å². The van der Waals surface area contributed by atoms with Crippen molar-refractivity contribution < 1.29 is 9.53 Å². The summed E-state index contributed by atoms with van der Waals surface area (Å²) in [6.07, 6.45) is 0. The SMILES string of the molecule is Cc1ccc(-n2c(SCC(=O)N(C)Cc3ccsc3)nnc2N2CCOCC2)cc1. The number of nitrogens with zero attached hydrogens (tertiary/aromatic N) is 5. The van der Waals surface area contributed by atoms with Crippen LogP contribution in [-0.2, 0) is 16.1 Å². The van der Waals surface area contributed by atoms with Crippen molar-refractivity contribution in [3.05, 3.63) is 52.2 Å². The molecule has 1 amide bonds. The topological polar surface area (TPSA) is 63.5 Å². The number of thiophene rings is 1. The van der Waals surface area contributed by atoms with Crippen LogP contribution in [0.25, 0.3) is 5.69 Å². The van der Waals surface area contributed by atoms with Gasteiger partial charge in [0.1, 0.15) is 0 Å². The molecule has 0 radical (unpaired) electrons. The van der Waals surface area contributed by atoms with E-state index in [2.05, 4.69) is 51.7 Å². The van der Waals surface area contributed by atoms with Crippen molar-refractivity contribution in [3.63, 3.8) is 0 Å². The molecule has 1 fully saturated rings. The van der Waals surface area contributed by atoms with Crippen LogP contribution in [0, 0.1) is 6.92 Å². The third-order valence-electron chi connectivity index (χ3n) is 4.95. The number of amides is 1. The molecule has 1 aliphatic rings. The van der Waals surface area contributed by atoms with E-state index < -0.39 is 0 Å². The summed E-state index contributed by atoms with van der Waals surface area (Å²) in [5.41, 5.74) is 3.34. The molecular formula is C21H25N5O2S2. The molecule has 1 saturated heterocycles. The van der Waals surface area contributed by atoms with Crippen LogP contribution in [-0.4, -0.2) is 64.7 Å². The van der Waals surface area contributed by atoms with Crippen molar-refractivity contribution in [2.45, 2.75) is 18.6 Å². The molecule has 0 saturated carbocycles. The number of benzene rings is 1. The molecule has 0 unspecified atom stereocenters. The molecule has 7 nitrogen and oxygen atoms in total. The Bertz CT molecular complexity index is 966. The lowest BCUT2D eigenvalue weighted by atomic mass is 10.2. The first-order valence-electron chi connectivity index (χ1n) is 9.85. The summed E-state index contributed by atoms with van der Waals surface area (Å²) in [7, 11) is 1.84. The molecule has 0 aliphatic carbocycles. The number of aromatic nitrogens is 3. The van der Waals surface area contributed by atoms with E-state index in [1.807, 2.05) is 23.1 Å². The molecule has 9 heteroatoms. The summed E-state index contributed by atoms with van der Waals surface area (Å²) < 4.78 is 7.53. The fourth-order valence-corrected chi connectivity index (χ4v) is 4.77. The summed E-state index contributed by atoms with van der Waals surface area (Å²) in [4.78, 5) is 16.6. The maximum atomic E-state index is 12.7. The van der Waals surface area contributed by atoms with E-state index in [0.29, 0.717) is 25.5 Å². The van der Waals surface area contributed by atoms with E-state index in [-0.39, 0.29) is 5.91 Å². The van der Waals surface area contributed by atoms with Gasteiger partial charge in [0.2, 0.25) is 11.9 Å². The number of anilines is 1. The number of hydrogen-bond acceptors (Lipinski definition) is 7. The van der Waals surface area contributed by atoms with Crippen molar-refractivity contribution in [1.29, 1.82) is 0 Å². The van der Waals surface area contributed by atoms with Gasteiger partial charge in [0.15, 0.2) is 5.16 Å². The monoisotopic (exact) mass is 443 g/mol. The average molecular weight is 444 g/mol. The normalized spacial score (nSPS) is 14.1. The third-order valence-corrected chi connectivity index (χ3v) is 6.60. The lowest BCUT2D eigenvalue weighted by molar-refractivity contribution is -0.127. The Balaban J connectivity index is 1.52. The van der Waals surface area contributed by atoms with E-state index in [0.717, 1.165) is 35.4 Å². The van der Waals surface area contributed by atoms with E-state index in [1.54, 1.807) is 16.2 Å². The van der Waals surface area contributed by atoms with Gasteiger partial charge in [-0.3, -0.25) is 9.36 Å². The first kappa shape index (κ1) is 20.9. The van der Waals surface area contributed by atoms with Crippen LogP contribution in [0.2, 0.25) is 0 Å². The Morgan fingerprint density at radius 3 is 2.67 bits per heavy atom. The number of thioether (sulfide) groups is 1. The van der Waals surface area contributed by atoms with Crippen molar-refractivity contribution >= 4 is 35.0 Å². The molecular weight excluding hydrogens is 418 g/mol. The van der Waals surface area contributed by atoms with E-state index >= 15 is 0 Å². The molecule has 0 N–H and O–H groups in total. The minimum absolute atomic E-state index is 0.0672. The summed E-state index contributed by atoms with van der Waals surface area (Å²) >= 11 is 3.06. The fraction of sp³-hybridized carbons (Fsp3) is 0.381. The molecule has 158 valence electrons. The quantitative estimate of drug-likeness (QED) is 0.523. The first-order chi connectivity index (χ1) is 14.6. The van der Waals surface area contributed by atoms with Crippen LogP contribution < -0.4 is 4.90 Å².